The van der Waals surface area contributed by atoms with E-state index in [1.54, 1.807) is 4.90 Å². The van der Waals surface area contributed by atoms with Gasteiger partial charge in [-0.3, -0.25) is 4.79 Å². The highest BCUT2D eigenvalue weighted by molar-refractivity contribution is 5.85. The molecule has 19 heavy (non-hydrogen) atoms. The van der Waals surface area contributed by atoms with E-state index in [1.165, 1.54) is 0 Å². The van der Waals surface area contributed by atoms with E-state index in [4.69, 9.17) is 17.4 Å². The molecule has 4 nitrogen and oxygen atoms in total. The van der Waals surface area contributed by atoms with Crippen LogP contribution < -0.4 is 5.73 Å². The molecule has 0 aromatic carbocycles. The summed E-state index contributed by atoms with van der Waals surface area (Å²) in [5.74, 6) is 2.73. The van der Waals surface area contributed by atoms with Crippen LogP contribution in [0.25, 0.3) is 0 Å². The molecule has 1 amide bonds. The largest absolute Gasteiger partial charge is 0.320 e. The van der Waals surface area contributed by atoms with Crippen molar-refractivity contribution in [3.05, 3.63) is 0 Å². The van der Waals surface area contributed by atoms with E-state index in [2.05, 4.69) is 12.0 Å². The van der Waals surface area contributed by atoms with Gasteiger partial charge in [-0.1, -0.05) is 18.8 Å². The van der Waals surface area contributed by atoms with Crippen LogP contribution in [0.5, 0.6) is 0 Å². The zero-order chi connectivity index (χ0) is 13.1. The fourth-order valence-corrected chi connectivity index (χ4v) is 3.10. The SMILES string of the molecule is C#C[C@H]1CC[C@@H](C#N)N1C(=O)[C@@H](N)C1CCCC1.Cl. The lowest BCUT2D eigenvalue weighted by atomic mass is 9.97. The lowest BCUT2D eigenvalue weighted by molar-refractivity contribution is -0.134. The molecule has 0 aromatic rings. The van der Waals surface area contributed by atoms with Crippen LogP contribution in [0.4, 0.5) is 0 Å². The molecular formula is C14H20ClN3O. The number of nitrogens with zero attached hydrogens (tertiary/aromatic N) is 2. The molecule has 2 fully saturated rings. The minimum atomic E-state index is -0.489. The van der Waals surface area contributed by atoms with Gasteiger partial charge in [-0.15, -0.1) is 18.8 Å². The standard InChI is InChI=1S/C14H19N3O.ClH/c1-2-11-7-8-12(9-15)17(11)14(18)13(16)10-5-3-4-6-10;/h1,10-13H,3-8,16H2;1H/t11-,12-,13-;/m0./s1. The monoisotopic (exact) mass is 281 g/mol. The summed E-state index contributed by atoms with van der Waals surface area (Å²) in [7, 11) is 0. The van der Waals surface area contributed by atoms with Gasteiger partial charge < -0.3 is 10.6 Å². The maximum atomic E-state index is 12.4. The molecule has 0 aromatic heterocycles. The Morgan fingerprint density at radius 3 is 2.37 bits per heavy atom. The number of likely N-dealkylation sites (tertiary alicyclic amines) is 1. The number of carbonyl (C=O) groups is 1. The van der Waals surface area contributed by atoms with Gasteiger partial charge in [0, 0.05) is 0 Å². The summed E-state index contributed by atoms with van der Waals surface area (Å²) in [5.41, 5.74) is 6.07. The Bertz CT molecular complexity index is 384. The summed E-state index contributed by atoms with van der Waals surface area (Å²) in [5, 5.41) is 9.09. The van der Waals surface area contributed by atoms with Crippen molar-refractivity contribution in [1.29, 1.82) is 5.26 Å². The highest BCUT2D eigenvalue weighted by Crippen LogP contribution is 2.30. The predicted molar refractivity (Wildman–Crippen MR) is 75.3 cm³/mol. The van der Waals surface area contributed by atoms with E-state index < -0.39 is 12.1 Å². The Morgan fingerprint density at radius 2 is 1.84 bits per heavy atom. The fourth-order valence-electron chi connectivity index (χ4n) is 3.10. The van der Waals surface area contributed by atoms with Crippen LogP contribution in [0.1, 0.15) is 38.5 Å². The Morgan fingerprint density at radius 1 is 1.26 bits per heavy atom. The number of rotatable bonds is 2. The van der Waals surface area contributed by atoms with Crippen molar-refractivity contribution >= 4 is 18.3 Å². The number of nitriles is 1. The van der Waals surface area contributed by atoms with Crippen molar-refractivity contribution in [2.45, 2.75) is 56.7 Å². The summed E-state index contributed by atoms with van der Waals surface area (Å²) in [6, 6.07) is 1.02. The quantitative estimate of drug-likeness (QED) is 0.779. The van der Waals surface area contributed by atoms with Gasteiger partial charge in [-0.05, 0) is 31.6 Å². The number of hydrogen-bond donors (Lipinski definition) is 1. The van der Waals surface area contributed by atoms with Crippen LogP contribution in [0, 0.1) is 29.6 Å². The van der Waals surface area contributed by atoms with Gasteiger partial charge in [0.1, 0.15) is 6.04 Å². The zero-order valence-electron chi connectivity index (χ0n) is 10.9. The minimum absolute atomic E-state index is 0. The van der Waals surface area contributed by atoms with Crippen LogP contribution in [0.3, 0.4) is 0 Å². The first-order valence-corrected chi connectivity index (χ1v) is 6.62. The predicted octanol–water partition coefficient (Wildman–Crippen LogP) is 1.44. The second kappa shape index (κ2) is 6.80. The summed E-state index contributed by atoms with van der Waals surface area (Å²) in [6.45, 7) is 0. The van der Waals surface area contributed by atoms with Crippen molar-refractivity contribution in [3.8, 4) is 18.4 Å². The topological polar surface area (TPSA) is 70.1 Å². The zero-order valence-corrected chi connectivity index (χ0v) is 11.7. The highest BCUT2D eigenvalue weighted by Gasteiger charge is 2.40. The Hall–Kier alpha value is -1.23. The molecule has 0 bridgehead atoms. The van der Waals surface area contributed by atoms with Crippen LogP contribution in [0.2, 0.25) is 0 Å². The second-order valence-corrected chi connectivity index (χ2v) is 5.22. The van der Waals surface area contributed by atoms with Gasteiger partial charge in [0.15, 0.2) is 0 Å². The van der Waals surface area contributed by atoms with E-state index in [9.17, 15) is 4.79 Å². The van der Waals surface area contributed by atoms with Crippen LogP contribution in [0.15, 0.2) is 0 Å². The molecule has 104 valence electrons. The molecule has 0 spiro atoms. The maximum Gasteiger partial charge on any atom is 0.241 e. The Labute approximate surface area is 120 Å². The molecule has 1 aliphatic heterocycles. The third kappa shape index (κ3) is 3.03. The van der Waals surface area contributed by atoms with Gasteiger partial charge >= 0.3 is 0 Å². The molecule has 2 aliphatic rings. The molecule has 0 radical (unpaired) electrons. The molecule has 2 N–H and O–H groups in total. The van der Waals surface area contributed by atoms with E-state index in [1.807, 2.05) is 0 Å². The van der Waals surface area contributed by atoms with E-state index in [0.29, 0.717) is 12.8 Å². The molecule has 0 unspecified atom stereocenters. The maximum absolute atomic E-state index is 12.4. The highest BCUT2D eigenvalue weighted by atomic mass is 35.5. The minimum Gasteiger partial charge on any atom is -0.320 e. The van der Waals surface area contributed by atoms with Crippen LogP contribution in [-0.4, -0.2) is 28.9 Å². The third-order valence-corrected chi connectivity index (χ3v) is 4.17. The molecule has 1 saturated heterocycles. The molecule has 1 aliphatic carbocycles. The van der Waals surface area contributed by atoms with Crippen molar-refractivity contribution in [2.24, 2.45) is 11.7 Å². The number of terminal acetylenes is 1. The van der Waals surface area contributed by atoms with Crippen molar-refractivity contribution < 1.29 is 4.79 Å². The number of nitrogens with two attached hydrogens (primary N) is 1. The average molecular weight is 282 g/mol. The number of amides is 1. The van der Waals surface area contributed by atoms with Crippen molar-refractivity contribution in [3.63, 3.8) is 0 Å². The third-order valence-electron chi connectivity index (χ3n) is 4.17. The number of hydrogen-bond acceptors (Lipinski definition) is 3. The number of halogens is 1. The smallest absolute Gasteiger partial charge is 0.241 e. The Kier molecular flexibility index (Phi) is 5.66. The lowest BCUT2D eigenvalue weighted by Gasteiger charge is -2.29. The summed E-state index contributed by atoms with van der Waals surface area (Å²) >= 11 is 0. The summed E-state index contributed by atoms with van der Waals surface area (Å²) in [6.07, 6.45) is 11.1. The van der Waals surface area contributed by atoms with Crippen LogP contribution >= 0.6 is 12.4 Å². The van der Waals surface area contributed by atoms with Gasteiger partial charge in [0.05, 0.1) is 18.2 Å². The fraction of sp³-hybridized carbons (Fsp3) is 0.714. The second-order valence-electron chi connectivity index (χ2n) is 5.22. The van der Waals surface area contributed by atoms with Crippen molar-refractivity contribution in [1.82, 2.24) is 4.90 Å². The first-order chi connectivity index (χ1) is 8.69. The van der Waals surface area contributed by atoms with E-state index in [0.717, 1.165) is 25.7 Å². The summed E-state index contributed by atoms with van der Waals surface area (Å²) in [4.78, 5) is 14.0. The first kappa shape index (κ1) is 15.8. The van der Waals surface area contributed by atoms with Gasteiger partial charge in [-0.25, -0.2) is 0 Å². The van der Waals surface area contributed by atoms with E-state index in [-0.39, 0.29) is 30.3 Å². The molecule has 1 saturated carbocycles. The normalized spacial score (nSPS) is 28.3. The lowest BCUT2D eigenvalue weighted by Crippen LogP contribution is -2.51. The van der Waals surface area contributed by atoms with Gasteiger partial charge in [-0.2, -0.15) is 5.26 Å². The van der Waals surface area contributed by atoms with Gasteiger partial charge in [0.25, 0.3) is 0 Å². The number of carbonyl (C=O) groups excluding carboxylic acids is 1. The molecular weight excluding hydrogens is 262 g/mol. The van der Waals surface area contributed by atoms with Crippen LogP contribution in [-0.2, 0) is 4.79 Å². The molecule has 2 rings (SSSR count). The van der Waals surface area contributed by atoms with Crippen molar-refractivity contribution in [2.75, 3.05) is 0 Å². The average Bonchev–Trinajstić information content (AvgIpc) is 3.05. The summed E-state index contributed by atoms with van der Waals surface area (Å²) < 4.78 is 0. The Balaban J connectivity index is 0.00000180. The first-order valence-electron chi connectivity index (χ1n) is 6.62. The molecule has 3 atom stereocenters. The molecule has 1 heterocycles. The van der Waals surface area contributed by atoms with Gasteiger partial charge in [0.2, 0.25) is 5.91 Å². The van der Waals surface area contributed by atoms with E-state index >= 15 is 0 Å². The molecule has 5 heteroatoms.